The molecule has 0 bridgehead atoms. The van der Waals surface area contributed by atoms with E-state index in [0.29, 0.717) is 13.2 Å². The normalized spacial score (nSPS) is 11.1. The Morgan fingerprint density at radius 2 is 1.72 bits per heavy atom. The van der Waals surface area contributed by atoms with E-state index in [4.69, 9.17) is 21.4 Å². The van der Waals surface area contributed by atoms with Gasteiger partial charge in [0.25, 0.3) is 0 Å². The summed E-state index contributed by atoms with van der Waals surface area (Å²) >= 11 is 6.26. The average Bonchev–Trinajstić information content (AvgIpc) is 2.77. The van der Waals surface area contributed by atoms with Gasteiger partial charge in [0, 0.05) is 17.0 Å². The first kappa shape index (κ1) is 19.0. The lowest BCUT2D eigenvalue weighted by atomic mass is 10.1. The van der Waals surface area contributed by atoms with Gasteiger partial charge < -0.3 is 10.2 Å². The Morgan fingerprint density at radius 1 is 0.897 bits per heavy atom. The molecule has 0 aliphatic rings. The summed E-state index contributed by atoms with van der Waals surface area (Å²) in [6.07, 6.45) is 1.69. The monoisotopic (exact) mass is 401 g/mol. The molecule has 29 heavy (non-hydrogen) atoms. The van der Waals surface area contributed by atoms with Crippen LogP contribution in [-0.4, -0.2) is 11.2 Å². The van der Waals surface area contributed by atoms with Gasteiger partial charge in [-0.2, -0.15) is 0 Å². The molecular weight excluding hydrogens is 382 g/mol. The standard InChI is InChI=1S/C24H20ClN3O/c25-22-11-5-4-9-20(22)16-26-23-12-6-10-19-13-14-21(28-24(19)23)17-29-27-15-18-7-2-1-3-8-18/h1-15,26H,16-17H2. The summed E-state index contributed by atoms with van der Waals surface area (Å²) in [6, 6.07) is 27.7. The van der Waals surface area contributed by atoms with E-state index in [-0.39, 0.29) is 0 Å². The Balaban J connectivity index is 1.47. The molecule has 0 fully saturated rings. The van der Waals surface area contributed by atoms with Crippen LogP contribution in [0.15, 0.2) is 90.1 Å². The number of aromatic nitrogens is 1. The van der Waals surface area contributed by atoms with Crippen LogP contribution in [0.25, 0.3) is 10.9 Å². The molecule has 1 aromatic heterocycles. The Labute approximate surface area is 174 Å². The molecule has 0 atom stereocenters. The number of hydrogen-bond donors (Lipinski definition) is 1. The van der Waals surface area contributed by atoms with Gasteiger partial charge in [0.15, 0.2) is 6.61 Å². The van der Waals surface area contributed by atoms with E-state index in [2.05, 4.69) is 10.5 Å². The quantitative estimate of drug-likeness (QED) is 0.303. The molecule has 144 valence electrons. The van der Waals surface area contributed by atoms with E-state index < -0.39 is 0 Å². The van der Waals surface area contributed by atoms with Crippen molar-refractivity contribution in [3.63, 3.8) is 0 Å². The molecule has 4 rings (SSSR count). The number of anilines is 1. The van der Waals surface area contributed by atoms with Gasteiger partial charge in [-0.1, -0.05) is 83.5 Å². The molecule has 4 nitrogen and oxygen atoms in total. The van der Waals surface area contributed by atoms with Gasteiger partial charge in [-0.05, 0) is 29.3 Å². The molecule has 1 N–H and O–H groups in total. The molecule has 0 aliphatic heterocycles. The number of fused-ring (bicyclic) bond motifs is 1. The number of halogens is 1. The van der Waals surface area contributed by atoms with E-state index in [1.165, 1.54) is 0 Å². The van der Waals surface area contributed by atoms with Gasteiger partial charge in [0.2, 0.25) is 0 Å². The fraction of sp³-hybridized carbons (Fsp3) is 0.0833. The number of pyridine rings is 1. The lowest BCUT2D eigenvalue weighted by Gasteiger charge is -2.11. The Morgan fingerprint density at radius 3 is 2.59 bits per heavy atom. The zero-order valence-corrected chi connectivity index (χ0v) is 16.5. The molecule has 0 aliphatic carbocycles. The first-order valence-corrected chi connectivity index (χ1v) is 9.74. The van der Waals surface area contributed by atoms with Crippen molar-refractivity contribution in [3.05, 3.63) is 107 Å². The summed E-state index contributed by atoms with van der Waals surface area (Å²) in [6.45, 7) is 0.931. The van der Waals surface area contributed by atoms with Gasteiger partial charge in [0.1, 0.15) is 0 Å². The highest BCUT2D eigenvalue weighted by Gasteiger charge is 2.06. The summed E-state index contributed by atoms with van der Waals surface area (Å²) in [5.41, 5.74) is 4.70. The molecule has 0 spiro atoms. The van der Waals surface area contributed by atoms with Crippen molar-refractivity contribution in [1.82, 2.24) is 4.98 Å². The van der Waals surface area contributed by atoms with E-state index in [1.807, 2.05) is 84.9 Å². The molecule has 4 aromatic rings. The number of hydrogen-bond acceptors (Lipinski definition) is 4. The summed E-state index contributed by atoms with van der Waals surface area (Å²) in [5, 5.41) is 9.28. The third-order valence-electron chi connectivity index (χ3n) is 4.49. The fourth-order valence-electron chi connectivity index (χ4n) is 2.98. The minimum Gasteiger partial charge on any atom is -0.389 e. The number of nitrogens with one attached hydrogen (secondary N) is 1. The number of para-hydroxylation sites is 1. The molecule has 0 radical (unpaired) electrons. The molecule has 0 unspecified atom stereocenters. The predicted octanol–water partition coefficient (Wildman–Crippen LogP) is 6.05. The van der Waals surface area contributed by atoms with Crippen LogP contribution in [0.1, 0.15) is 16.8 Å². The third kappa shape index (κ3) is 4.92. The van der Waals surface area contributed by atoms with Crippen molar-refractivity contribution < 1.29 is 4.84 Å². The first-order chi connectivity index (χ1) is 14.3. The lowest BCUT2D eigenvalue weighted by Crippen LogP contribution is -2.02. The number of oxime groups is 1. The Hall–Kier alpha value is -3.37. The summed E-state index contributed by atoms with van der Waals surface area (Å²) in [5.74, 6) is 0. The molecule has 3 aromatic carbocycles. The average molecular weight is 402 g/mol. The van der Waals surface area contributed by atoms with Crippen LogP contribution in [0.5, 0.6) is 0 Å². The molecule has 0 saturated carbocycles. The number of rotatable bonds is 7. The highest BCUT2D eigenvalue weighted by Crippen LogP contribution is 2.24. The van der Waals surface area contributed by atoms with Crippen molar-refractivity contribution in [2.45, 2.75) is 13.2 Å². The maximum Gasteiger partial charge on any atom is 0.159 e. The first-order valence-electron chi connectivity index (χ1n) is 9.36. The van der Waals surface area contributed by atoms with Crippen LogP contribution in [0, 0.1) is 0 Å². The smallest absolute Gasteiger partial charge is 0.159 e. The maximum absolute atomic E-state index is 6.26. The second-order valence-corrected chi connectivity index (χ2v) is 6.95. The van der Waals surface area contributed by atoms with Crippen LogP contribution < -0.4 is 5.32 Å². The topological polar surface area (TPSA) is 46.5 Å². The van der Waals surface area contributed by atoms with Crippen molar-refractivity contribution >= 4 is 34.4 Å². The van der Waals surface area contributed by atoms with E-state index >= 15 is 0 Å². The van der Waals surface area contributed by atoms with Crippen LogP contribution in [0.2, 0.25) is 5.02 Å². The Kier molecular flexibility index (Phi) is 6.03. The molecular formula is C24H20ClN3O. The molecule has 0 saturated heterocycles. The largest absolute Gasteiger partial charge is 0.389 e. The highest BCUT2D eigenvalue weighted by atomic mass is 35.5. The van der Waals surface area contributed by atoms with Crippen molar-refractivity contribution in [3.8, 4) is 0 Å². The van der Waals surface area contributed by atoms with Gasteiger partial charge in [0.05, 0.1) is 23.1 Å². The van der Waals surface area contributed by atoms with Crippen molar-refractivity contribution in [2.24, 2.45) is 5.16 Å². The molecule has 5 heteroatoms. The van der Waals surface area contributed by atoms with Crippen LogP contribution in [0.4, 0.5) is 5.69 Å². The second-order valence-electron chi connectivity index (χ2n) is 6.54. The second kappa shape index (κ2) is 9.22. The van der Waals surface area contributed by atoms with Crippen LogP contribution in [-0.2, 0) is 18.0 Å². The zero-order valence-electron chi connectivity index (χ0n) is 15.8. The fourth-order valence-corrected chi connectivity index (χ4v) is 3.19. The van der Waals surface area contributed by atoms with Gasteiger partial charge >= 0.3 is 0 Å². The highest BCUT2D eigenvalue weighted by molar-refractivity contribution is 6.31. The summed E-state index contributed by atoms with van der Waals surface area (Å²) in [7, 11) is 0. The Bertz CT molecular complexity index is 1130. The van der Waals surface area contributed by atoms with Crippen molar-refractivity contribution in [1.29, 1.82) is 0 Å². The third-order valence-corrected chi connectivity index (χ3v) is 4.86. The van der Waals surface area contributed by atoms with Gasteiger partial charge in [-0.25, -0.2) is 4.98 Å². The molecule has 1 heterocycles. The lowest BCUT2D eigenvalue weighted by molar-refractivity contribution is 0.129. The predicted molar refractivity (Wildman–Crippen MR) is 119 cm³/mol. The molecule has 0 amide bonds. The van der Waals surface area contributed by atoms with Crippen LogP contribution >= 0.6 is 11.6 Å². The minimum atomic E-state index is 0.304. The number of nitrogens with zero attached hydrogens (tertiary/aromatic N) is 2. The summed E-state index contributed by atoms with van der Waals surface area (Å²) in [4.78, 5) is 10.2. The SMILES string of the molecule is Clc1ccccc1CNc1cccc2ccc(CON=Cc3ccccc3)nc12. The van der Waals surface area contributed by atoms with E-state index in [0.717, 1.165) is 38.4 Å². The van der Waals surface area contributed by atoms with Crippen molar-refractivity contribution in [2.75, 3.05) is 5.32 Å². The maximum atomic E-state index is 6.26. The van der Waals surface area contributed by atoms with E-state index in [9.17, 15) is 0 Å². The van der Waals surface area contributed by atoms with Gasteiger partial charge in [-0.3, -0.25) is 0 Å². The summed E-state index contributed by atoms with van der Waals surface area (Å²) < 4.78 is 0. The number of benzene rings is 3. The zero-order chi connectivity index (χ0) is 19.9. The van der Waals surface area contributed by atoms with E-state index in [1.54, 1.807) is 6.21 Å². The van der Waals surface area contributed by atoms with Crippen LogP contribution in [0.3, 0.4) is 0 Å². The minimum absolute atomic E-state index is 0.304. The van der Waals surface area contributed by atoms with Gasteiger partial charge in [-0.15, -0.1) is 0 Å².